The van der Waals surface area contributed by atoms with Crippen molar-refractivity contribution in [1.82, 2.24) is 25.5 Å². The standard InChI is InChI=1S/C20H21ClF3N5/c1-3-19(4-2,14-5-9-16(21)10-6-14)25-13-18-26-27-28-29(18)17-11-7-15(8-12-17)20(22,23)24/h5-12,25H,3-4,13H2,1-2H3. The molecule has 5 nitrogen and oxygen atoms in total. The third kappa shape index (κ3) is 4.59. The Morgan fingerprint density at radius 3 is 2.07 bits per heavy atom. The summed E-state index contributed by atoms with van der Waals surface area (Å²) in [6.45, 7) is 4.52. The van der Waals surface area contributed by atoms with Crippen molar-refractivity contribution in [1.29, 1.82) is 0 Å². The van der Waals surface area contributed by atoms with Crippen molar-refractivity contribution < 1.29 is 13.2 Å². The lowest BCUT2D eigenvalue weighted by Crippen LogP contribution is -2.41. The van der Waals surface area contributed by atoms with Crippen LogP contribution >= 0.6 is 11.6 Å². The summed E-state index contributed by atoms with van der Waals surface area (Å²) in [4.78, 5) is 0. The number of aromatic nitrogens is 4. The van der Waals surface area contributed by atoms with Crippen molar-refractivity contribution in [2.24, 2.45) is 0 Å². The zero-order valence-corrected chi connectivity index (χ0v) is 16.8. The van der Waals surface area contributed by atoms with Gasteiger partial charge in [-0.25, -0.2) is 0 Å². The lowest BCUT2D eigenvalue weighted by atomic mass is 9.84. The molecule has 3 rings (SSSR count). The number of hydrogen-bond donors (Lipinski definition) is 1. The highest BCUT2D eigenvalue weighted by molar-refractivity contribution is 6.30. The van der Waals surface area contributed by atoms with Crippen LogP contribution in [0.15, 0.2) is 48.5 Å². The lowest BCUT2D eigenvalue weighted by molar-refractivity contribution is -0.137. The summed E-state index contributed by atoms with van der Waals surface area (Å²) >= 11 is 6.01. The van der Waals surface area contributed by atoms with Gasteiger partial charge in [-0.05, 0) is 65.2 Å². The Morgan fingerprint density at radius 1 is 0.931 bits per heavy atom. The summed E-state index contributed by atoms with van der Waals surface area (Å²) in [5.74, 6) is 0.505. The van der Waals surface area contributed by atoms with Crippen LogP contribution < -0.4 is 5.32 Å². The van der Waals surface area contributed by atoms with Crippen LogP contribution in [0.4, 0.5) is 13.2 Å². The topological polar surface area (TPSA) is 55.6 Å². The van der Waals surface area contributed by atoms with E-state index in [-0.39, 0.29) is 5.54 Å². The number of halogens is 4. The average Bonchev–Trinajstić information content (AvgIpc) is 3.18. The molecule has 9 heteroatoms. The van der Waals surface area contributed by atoms with Crippen LogP contribution in [-0.2, 0) is 18.3 Å². The van der Waals surface area contributed by atoms with Gasteiger partial charge in [-0.1, -0.05) is 37.6 Å². The Bertz CT molecular complexity index is 932. The molecular weight excluding hydrogens is 403 g/mol. The van der Waals surface area contributed by atoms with Crippen molar-refractivity contribution >= 4 is 11.6 Å². The summed E-state index contributed by atoms with van der Waals surface area (Å²) in [6.07, 6.45) is -2.73. The third-order valence-corrected chi connectivity index (χ3v) is 5.41. The van der Waals surface area contributed by atoms with Crippen LogP contribution in [0.5, 0.6) is 0 Å². The van der Waals surface area contributed by atoms with Crippen molar-refractivity contribution in [3.8, 4) is 5.69 Å². The average molecular weight is 424 g/mol. The van der Waals surface area contributed by atoms with Crippen LogP contribution in [0.1, 0.15) is 43.6 Å². The summed E-state index contributed by atoms with van der Waals surface area (Å²) in [5.41, 5.74) is 0.541. The predicted octanol–water partition coefficient (Wildman–Crippen LogP) is 5.14. The number of hydrogen-bond acceptors (Lipinski definition) is 4. The Hall–Kier alpha value is -2.45. The maximum atomic E-state index is 12.8. The van der Waals surface area contributed by atoms with Gasteiger partial charge in [0.05, 0.1) is 17.8 Å². The number of nitrogens with zero attached hydrogens (tertiary/aromatic N) is 4. The quantitative estimate of drug-likeness (QED) is 0.571. The first-order chi connectivity index (χ1) is 13.8. The molecule has 0 fully saturated rings. The van der Waals surface area contributed by atoms with Gasteiger partial charge in [0.25, 0.3) is 0 Å². The maximum Gasteiger partial charge on any atom is 0.416 e. The number of benzene rings is 2. The normalized spacial score (nSPS) is 12.3. The monoisotopic (exact) mass is 423 g/mol. The summed E-state index contributed by atoms with van der Waals surface area (Å²) in [5, 5.41) is 15.9. The molecule has 1 aromatic heterocycles. The van der Waals surface area contributed by atoms with Crippen LogP contribution in [0.2, 0.25) is 5.02 Å². The van der Waals surface area contributed by atoms with E-state index >= 15 is 0 Å². The molecule has 2 aromatic carbocycles. The Labute approximate surface area is 171 Å². The molecule has 29 heavy (non-hydrogen) atoms. The Morgan fingerprint density at radius 2 is 1.52 bits per heavy atom. The van der Waals surface area contributed by atoms with E-state index in [0.717, 1.165) is 30.5 Å². The molecule has 3 aromatic rings. The second-order valence-corrected chi connectivity index (χ2v) is 7.14. The molecule has 154 valence electrons. The molecule has 0 aliphatic rings. The molecule has 1 N–H and O–H groups in total. The van der Waals surface area contributed by atoms with Crippen LogP contribution in [0.3, 0.4) is 0 Å². The van der Waals surface area contributed by atoms with E-state index in [1.54, 1.807) is 0 Å². The molecule has 0 spiro atoms. The molecule has 0 aliphatic carbocycles. The smallest absolute Gasteiger partial charge is 0.300 e. The SMILES string of the molecule is CCC(CC)(NCc1nnnn1-c1ccc(C(F)(F)F)cc1)c1ccc(Cl)cc1. The molecule has 1 heterocycles. The summed E-state index contributed by atoms with van der Waals surface area (Å²) in [7, 11) is 0. The van der Waals surface area contributed by atoms with Gasteiger partial charge in [-0.2, -0.15) is 17.9 Å². The van der Waals surface area contributed by atoms with E-state index in [0.29, 0.717) is 23.1 Å². The highest BCUT2D eigenvalue weighted by atomic mass is 35.5. The molecule has 0 saturated carbocycles. The molecule has 0 bridgehead atoms. The predicted molar refractivity (Wildman–Crippen MR) is 105 cm³/mol. The second-order valence-electron chi connectivity index (χ2n) is 6.70. The van der Waals surface area contributed by atoms with Gasteiger partial charge in [-0.3, -0.25) is 0 Å². The largest absolute Gasteiger partial charge is 0.416 e. The minimum Gasteiger partial charge on any atom is -0.300 e. The fourth-order valence-electron chi connectivity index (χ4n) is 3.34. The zero-order valence-electron chi connectivity index (χ0n) is 16.0. The van der Waals surface area contributed by atoms with Gasteiger partial charge in [0.1, 0.15) is 0 Å². The van der Waals surface area contributed by atoms with Gasteiger partial charge in [0, 0.05) is 10.6 Å². The fraction of sp³-hybridized carbons (Fsp3) is 0.350. The van der Waals surface area contributed by atoms with Gasteiger partial charge >= 0.3 is 6.18 Å². The van der Waals surface area contributed by atoms with E-state index in [1.165, 1.54) is 16.8 Å². The van der Waals surface area contributed by atoms with E-state index in [2.05, 4.69) is 34.7 Å². The molecule has 0 atom stereocenters. The van der Waals surface area contributed by atoms with Gasteiger partial charge in [0.2, 0.25) is 0 Å². The Kier molecular flexibility index (Phi) is 6.24. The maximum absolute atomic E-state index is 12.8. The number of tetrazole rings is 1. The van der Waals surface area contributed by atoms with E-state index in [9.17, 15) is 13.2 Å². The van der Waals surface area contributed by atoms with Gasteiger partial charge in [0.15, 0.2) is 5.82 Å². The third-order valence-electron chi connectivity index (χ3n) is 5.16. The highest BCUT2D eigenvalue weighted by Crippen LogP contribution is 2.31. The van der Waals surface area contributed by atoms with E-state index in [4.69, 9.17) is 11.6 Å². The Balaban J connectivity index is 1.82. The first-order valence-electron chi connectivity index (χ1n) is 9.25. The molecule has 0 unspecified atom stereocenters. The van der Waals surface area contributed by atoms with Crippen LogP contribution in [-0.4, -0.2) is 20.2 Å². The summed E-state index contributed by atoms with van der Waals surface area (Å²) < 4.78 is 39.8. The van der Waals surface area contributed by atoms with E-state index < -0.39 is 11.7 Å². The number of rotatable bonds is 7. The molecule has 0 amide bonds. The van der Waals surface area contributed by atoms with E-state index in [1.807, 2.05) is 24.3 Å². The number of alkyl halides is 3. The van der Waals surface area contributed by atoms with Crippen molar-refractivity contribution in [2.45, 2.75) is 44.9 Å². The second kappa shape index (κ2) is 8.51. The minimum absolute atomic E-state index is 0.304. The first-order valence-corrected chi connectivity index (χ1v) is 9.63. The first kappa shape index (κ1) is 21.3. The molecule has 0 aliphatic heterocycles. The molecule has 0 saturated heterocycles. The highest BCUT2D eigenvalue weighted by Gasteiger charge is 2.31. The zero-order chi connectivity index (χ0) is 21.1. The van der Waals surface area contributed by atoms with Crippen LogP contribution in [0, 0.1) is 0 Å². The minimum atomic E-state index is -4.38. The van der Waals surface area contributed by atoms with Crippen LogP contribution in [0.25, 0.3) is 5.69 Å². The lowest BCUT2D eigenvalue weighted by Gasteiger charge is -2.33. The van der Waals surface area contributed by atoms with Gasteiger partial charge in [-0.15, -0.1) is 5.10 Å². The molecular formula is C20H21ClF3N5. The van der Waals surface area contributed by atoms with Crippen molar-refractivity contribution in [3.63, 3.8) is 0 Å². The number of nitrogens with one attached hydrogen (secondary N) is 1. The molecule has 0 radical (unpaired) electrons. The van der Waals surface area contributed by atoms with Gasteiger partial charge < -0.3 is 5.32 Å². The summed E-state index contributed by atoms with van der Waals surface area (Å²) in [6, 6.07) is 12.4. The van der Waals surface area contributed by atoms with Crippen molar-refractivity contribution in [3.05, 3.63) is 70.5 Å². The van der Waals surface area contributed by atoms with Crippen molar-refractivity contribution in [2.75, 3.05) is 0 Å². The fourth-order valence-corrected chi connectivity index (χ4v) is 3.46.